The molecule has 0 aliphatic heterocycles. The van der Waals surface area contributed by atoms with Gasteiger partial charge in [-0.25, -0.2) is 0 Å². The maximum Gasteiger partial charge on any atom is 0.0277 e. The van der Waals surface area contributed by atoms with Gasteiger partial charge in [0.25, 0.3) is 0 Å². The monoisotopic (exact) mass is 195 g/mol. The van der Waals surface area contributed by atoms with Gasteiger partial charge in [-0.15, -0.1) is 0 Å². The normalized spacial score (nSPS) is 14.4. The van der Waals surface area contributed by atoms with Crippen LogP contribution in [0.5, 0.6) is 0 Å². The van der Waals surface area contributed by atoms with Gasteiger partial charge in [-0.1, -0.05) is 40.7 Å². The fourth-order valence-corrected chi connectivity index (χ4v) is 1.08. The lowest BCUT2D eigenvalue weighted by Crippen LogP contribution is -2.18. The molecule has 0 saturated heterocycles. The first-order chi connectivity index (χ1) is 6.44. The van der Waals surface area contributed by atoms with Crippen molar-refractivity contribution in [2.75, 3.05) is 7.05 Å². The van der Waals surface area contributed by atoms with Crippen LogP contribution in [-0.2, 0) is 0 Å². The van der Waals surface area contributed by atoms with Crippen LogP contribution in [0.15, 0.2) is 16.6 Å². The molecule has 0 bridgehead atoms. The highest BCUT2D eigenvalue weighted by atomic mass is 14.6. The van der Waals surface area contributed by atoms with Gasteiger partial charge in [0.2, 0.25) is 0 Å². The summed E-state index contributed by atoms with van der Waals surface area (Å²) in [5.74, 6) is 0.718. The Morgan fingerprint density at radius 3 is 2.29 bits per heavy atom. The Bertz CT molecular complexity index is 209. The SMILES string of the molecule is CC/C(C=NC)=C/CC(C)(C)C(C)C. The molecule has 0 spiro atoms. The minimum atomic E-state index is 0.391. The van der Waals surface area contributed by atoms with E-state index in [0.717, 1.165) is 18.8 Å². The summed E-state index contributed by atoms with van der Waals surface area (Å²) in [4.78, 5) is 4.06. The Balaban J connectivity index is 4.38. The molecule has 1 heteroatoms. The highest BCUT2D eigenvalue weighted by molar-refractivity contribution is 5.78. The topological polar surface area (TPSA) is 12.4 Å². The van der Waals surface area contributed by atoms with Crippen molar-refractivity contribution in [3.63, 3.8) is 0 Å². The zero-order chi connectivity index (χ0) is 11.2. The number of hydrogen-bond donors (Lipinski definition) is 0. The summed E-state index contributed by atoms with van der Waals surface area (Å²) in [7, 11) is 1.83. The maximum absolute atomic E-state index is 4.06. The van der Waals surface area contributed by atoms with Crippen LogP contribution in [0.2, 0.25) is 0 Å². The molecule has 0 fully saturated rings. The van der Waals surface area contributed by atoms with E-state index in [-0.39, 0.29) is 0 Å². The molecule has 0 aliphatic rings. The Labute approximate surface area is 89.3 Å². The van der Waals surface area contributed by atoms with Crippen molar-refractivity contribution >= 4 is 6.21 Å². The molecule has 0 radical (unpaired) electrons. The molecule has 0 amide bonds. The average molecular weight is 195 g/mol. The Morgan fingerprint density at radius 2 is 1.93 bits per heavy atom. The lowest BCUT2D eigenvalue weighted by atomic mass is 9.78. The molecule has 0 aliphatic carbocycles. The van der Waals surface area contributed by atoms with Crippen LogP contribution in [0.1, 0.15) is 47.5 Å². The largest absolute Gasteiger partial charge is 0.296 e. The van der Waals surface area contributed by atoms with Crippen molar-refractivity contribution in [2.45, 2.75) is 47.5 Å². The van der Waals surface area contributed by atoms with Gasteiger partial charge in [0.05, 0.1) is 0 Å². The van der Waals surface area contributed by atoms with Gasteiger partial charge in [0.1, 0.15) is 0 Å². The molecule has 82 valence electrons. The smallest absolute Gasteiger partial charge is 0.0277 e. The number of nitrogens with zero attached hydrogens (tertiary/aromatic N) is 1. The molecule has 0 aromatic heterocycles. The van der Waals surface area contributed by atoms with Crippen molar-refractivity contribution in [1.82, 2.24) is 0 Å². The van der Waals surface area contributed by atoms with Crippen LogP contribution in [-0.4, -0.2) is 13.3 Å². The first kappa shape index (κ1) is 13.4. The molecule has 14 heavy (non-hydrogen) atoms. The third kappa shape index (κ3) is 4.59. The molecule has 0 aromatic carbocycles. The van der Waals surface area contributed by atoms with Crippen molar-refractivity contribution < 1.29 is 0 Å². The second kappa shape index (κ2) is 6.00. The highest BCUT2D eigenvalue weighted by Crippen LogP contribution is 2.30. The van der Waals surface area contributed by atoms with Gasteiger partial charge < -0.3 is 0 Å². The molecular formula is C13H25N. The van der Waals surface area contributed by atoms with Crippen LogP contribution >= 0.6 is 0 Å². The zero-order valence-corrected chi connectivity index (χ0v) is 10.6. The quantitative estimate of drug-likeness (QED) is 0.586. The first-order valence-electron chi connectivity index (χ1n) is 5.55. The minimum Gasteiger partial charge on any atom is -0.296 e. The molecule has 0 atom stereocenters. The summed E-state index contributed by atoms with van der Waals surface area (Å²) in [6.45, 7) is 11.4. The van der Waals surface area contributed by atoms with Crippen LogP contribution in [0.3, 0.4) is 0 Å². The number of hydrogen-bond acceptors (Lipinski definition) is 1. The van der Waals surface area contributed by atoms with Gasteiger partial charge in [0.15, 0.2) is 0 Å². The van der Waals surface area contributed by atoms with Gasteiger partial charge in [0, 0.05) is 13.3 Å². The second-order valence-electron chi connectivity index (χ2n) is 4.87. The molecule has 0 saturated carbocycles. The van der Waals surface area contributed by atoms with E-state index in [2.05, 4.69) is 45.7 Å². The molecule has 0 N–H and O–H groups in total. The van der Waals surface area contributed by atoms with E-state index >= 15 is 0 Å². The van der Waals surface area contributed by atoms with Crippen molar-refractivity contribution in [3.05, 3.63) is 11.6 Å². The predicted molar refractivity (Wildman–Crippen MR) is 66.0 cm³/mol. The summed E-state index contributed by atoms with van der Waals surface area (Å²) in [6, 6.07) is 0. The third-order valence-corrected chi connectivity index (χ3v) is 3.16. The Kier molecular flexibility index (Phi) is 5.75. The third-order valence-electron chi connectivity index (χ3n) is 3.16. The van der Waals surface area contributed by atoms with E-state index < -0.39 is 0 Å². The molecule has 0 unspecified atom stereocenters. The van der Waals surface area contributed by atoms with E-state index in [1.807, 2.05) is 13.3 Å². The van der Waals surface area contributed by atoms with E-state index in [1.165, 1.54) is 5.57 Å². The zero-order valence-electron chi connectivity index (χ0n) is 10.6. The van der Waals surface area contributed by atoms with E-state index in [4.69, 9.17) is 0 Å². The van der Waals surface area contributed by atoms with Crippen LogP contribution in [0.25, 0.3) is 0 Å². The number of allylic oxidation sites excluding steroid dienone is 2. The van der Waals surface area contributed by atoms with Gasteiger partial charge in [-0.2, -0.15) is 0 Å². The molecule has 0 rings (SSSR count). The van der Waals surface area contributed by atoms with Gasteiger partial charge in [-0.05, 0) is 29.7 Å². The predicted octanol–water partition coefficient (Wildman–Crippen LogP) is 4.10. The summed E-state index contributed by atoms with van der Waals surface area (Å²) in [5, 5.41) is 0. The Morgan fingerprint density at radius 1 is 1.36 bits per heavy atom. The summed E-state index contributed by atoms with van der Waals surface area (Å²) in [5.41, 5.74) is 1.74. The fourth-order valence-electron chi connectivity index (χ4n) is 1.08. The van der Waals surface area contributed by atoms with E-state index in [1.54, 1.807) is 0 Å². The first-order valence-corrected chi connectivity index (χ1v) is 5.55. The second-order valence-corrected chi connectivity index (χ2v) is 4.87. The van der Waals surface area contributed by atoms with E-state index in [9.17, 15) is 0 Å². The van der Waals surface area contributed by atoms with Crippen LogP contribution < -0.4 is 0 Å². The molecular weight excluding hydrogens is 170 g/mol. The van der Waals surface area contributed by atoms with Crippen LogP contribution in [0.4, 0.5) is 0 Å². The number of aliphatic imine (C=N–C) groups is 1. The molecule has 0 heterocycles. The molecule has 0 aromatic rings. The van der Waals surface area contributed by atoms with Crippen molar-refractivity contribution in [2.24, 2.45) is 16.3 Å². The molecule has 1 nitrogen and oxygen atoms in total. The summed E-state index contributed by atoms with van der Waals surface area (Å²) in [6.07, 6.45) is 6.51. The fraction of sp³-hybridized carbons (Fsp3) is 0.769. The van der Waals surface area contributed by atoms with Gasteiger partial charge in [-0.3, -0.25) is 4.99 Å². The summed E-state index contributed by atoms with van der Waals surface area (Å²) >= 11 is 0. The van der Waals surface area contributed by atoms with E-state index in [0.29, 0.717) is 5.41 Å². The van der Waals surface area contributed by atoms with Gasteiger partial charge >= 0.3 is 0 Å². The van der Waals surface area contributed by atoms with Crippen molar-refractivity contribution in [1.29, 1.82) is 0 Å². The summed E-state index contributed by atoms with van der Waals surface area (Å²) < 4.78 is 0. The van der Waals surface area contributed by atoms with Crippen molar-refractivity contribution in [3.8, 4) is 0 Å². The average Bonchev–Trinajstić information content (AvgIpc) is 2.12. The Hall–Kier alpha value is -0.590. The van der Waals surface area contributed by atoms with Crippen LogP contribution in [0, 0.1) is 11.3 Å². The lowest BCUT2D eigenvalue weighted by Gasteiger charge is -2.28. The minimum absolute atomic E-state index is 0.391. The standard InChI is InChI=1S/C13H25N/c1-7-12(10-14-6)8-9-13(4,5)11(2)3/h8,10-11H,7,9H2,1-6H3/b12-8-,14-10?. The number of rotatable bonds is 5. The maximum atomic E-state index is 4.06. The lowest BCUT2D eigenvalue weighted by molar-refractivity contribution is 0.253. The highest BCUT2D eigenvalue weighted by Gasteiger charge is 2.20.